The first kappa shape index (κ1) is 23.0. The minimum atomic E-state index is -4.44. The molecule has 13 heteroatoms. The van der Waals surface area contributed by atoms with Crippen LogP contribution in [-0.4, -0.2) is 62.8 Å². The predicted molar refractivity (Wildman–Crippen MR) is 103 cm³/mol. The molecule has 0 radical (unpaired) electrons. The summed E-state index contributed by atoms with van der Waals surface area (Å²) in [6.07, 6.45) is -1.08. The van der Waals surface area contributed by atoms with Gasteiger partial charge in [-0.3, -0.25) is 9.78 Å². The van der Waals surface area contributed by atoms with Crippen molar-refractivity contribution >= 4 is 40.1 Å². The number of oxime groups is 1. The largest absolute Gasteiger partial charge is 0.616 e. The van der Waals surface area contributed by atoms with Gasteiger partial charge in [-0.2, -0.15) is 18.3 Å². The Morgan fingerprint density at radius 3 is 2.79 bits per heavy atom. The van der Waals surface area contributed by atoms with E-state index in [0.717, 1.165) is 4.90 Å². The van der Waals surface area contributed by atoms with Crippen LogP contribution in [0, 0.1) is 0 Å². The lowest BCUT2D eigenvalue weighted by atomic mass is 10.3. The van der Waals surface area contributed by atoms with E-state index in [2.05, 4.69) is 20.1 Å². The molecule has 0 aliphatic heterocycles. The van der Waals surface area contributed by atoms with Gasteiger partial charge >= 0.3 is 6.18 Å². The Morgan fingerprint density at radius 2 is 2.21 bits per heavy atom. The highest BCUT2D eigenvalue weighted by Crippen LogP contribution is 2.25. The molecule has 158 valence electrons. The number of aromatic nitrogens is 3. The first-order valence-corrected chi connectivity index (χ1v) is 9.94. The smallest absolute Gasteiger partial charge is 0.393 e. The molecular formula is C16H17ClF3N5O3S. The van der Waals surface area contributed by atoms with Gasteiger partial charge in [0.15, 0.2) is 16.6 Å². The van der Waals surface area contributed by atoms with E-state index in [4.69, 9.17) is 11.6 Å². The first-order valence-electron chi connectivity index (χ1n) is 8.07. The van der Waals surface area contributed by atoms with Crippen LogP contribution in [0.2, 0.25) is 5.15 Å². The van der Waals surface area contributed by atoms with E-state index in [9.17, 15) is 22.5 Å². The van der Waals surface area contributed by atoms with Crippen LogP contribution in [-0.2, 0) is 20.8 Å². The van der Waals surface area contributed by atoms with Crippen LogP contribution in [0.3, 0.4) is 0 Å². The molecule has 2 heterocycles. The molecule has 29 heavy (non-hydrogen) atoms. The molecule has 0 saturated carbocycles. The molecular weight excluding hydrogens is 435 g/mol. The lowest BCUT2D eigenvalue weighted by Crippen LogP contribution is -2.38. The Bertz CT molecular complexity index is 863. The fraction of sp³-hybridized carbons (Fsp3) is 0.375. The van der Waals surface area contributed by atoms with Crippen molar-refractivity contribution in [3.05, 3.63) is 35.9 Å². The summed E-state index contributed by atoms with van der Waals surface area (Å²) in [6, 6.07) is 3.42. The maximum atomic E-state index is 12.7. The van der Waals surface area contributed by atoms with Crippen molar-refractivity contribution in [1.29, 1.82) is 0 Å². The molecule has 0 aliphatic rings. The molecule has 0 N–H and O–H groups in total. The number of carbonyl (C=O) groups is 1. The molecule has 2 aromatic heterocycles. The third kappa shape index (κ3) is 6.61. The number of carbonyl (C=O) groups excluding carboxylic acids is 1. The zero-order valence-electron chi connectivity index (χ0n) is 15.4. The Hall–Kier alpha value is -2.31. The topological polar surface area (TPSA) is 95.7 Å². The number of hydrogen-bond acceptors (Lipinski definition) is 6. The lowest BCUT2D eigenvalue weighted by Gasteiger charge is -2.18. The average molecular weight is 452 g/mol. The SMILES string of the molecule is CO/N=C(\C[S+]([O-])CCC(F)(F)F)C(=O)N(C)c1cn(-c2cccnc2)nc1Cl. The molecule has 1 amide bonds. The normalized spacial score (nSPS) is 13.3. The third-order valence-corrected chi connectivity index (χ3v) is 5.11. The monoisotopic (exact) mass is 451 g/mol. The average Bonchev–Trinajstić information content (AvgIpc) is 3.07. The quantitative estimate of drug-likeness (QED) is 0.349. The summed E-state index contributed by atoms with van der Waals surface area (Å²) in [5.74, 6) is -1.88. The predicted octanol–water partition coefficient (Wildman–Crippen LogP) is 2.59. The molecule has 0 spiro atoms. The fourth-order valence-electron chi connectivity index (χ4n) is 2.18. The van der Waals surface area contributed by atoms with Gasteiger partial charge in [0.05, 0.1) is 24.5 Å². The third-order valence-electron chi connectivity index (χ3n) is 3.59. The van der Waals surface area contributed by atoms with Crippen LogP contribution < -0.4 is 4.90 Å². The second-order valence-corrected chi connectivity index (χ2v) is 7.63. The molecule has 0 fully saturated rings. The molecule has 0 bridgehead atoms. The number of pyridine rings is 1. The summed E-state index contributed by atoms with van der Waals surface area (Å²) in [6.45, 7) is 0. The second kappa shape index (κ2) is 9.94. The Kier molecular flexibility index (Phi) is 7.88. The summed E-state index contributed by atoms with van der Waals surface area (Å²) < 4.78 is 50.3. The van der Waals surface area contributed by atoms with Crippen molar-refractivity contribution in [2.24, 2.45) is 5.16 Å². The Balaban J connectivity index is 2.16. The van der Waals surface area contributed by atoms with E-state index < -0.39 is 41.2 Å². The van der Waals surface area contributed by atoms with Crippen molar-refractivity contribution in [2.75, 3.05) is 30.6 Å². The second-order valence-electron chi connectivity index (χ2n) is 5.70. The number of anilines is 1. The molecule has 1 atom stereocenters. The van der Waals surface area contributed by atoms with Gasteiger partial charge in [0.2, 0.25) is 0 Å². The maximum Gasteiger partial charge on any atom is 0.393 e. The minimum absolute atomic E-state index is 0.000311. The molecule has 0 aliphatic carbocycles. The number of amides is 1. The Labute approximate surface area is 172 Å². The van der Waals surface area contributed by atoms with E-state index in [1.54, 1.807) is 18.3 Å². The van der Waals surface area contributed by atoms with Crippen molar-refractivity contribution in [2.45, 2.75) is 12.6 Å². The maximum absolute atomic E-state index is 12.7. The van der Waals surface area contributed by atoms with Gasteiger partial charge in [-0.05, 0) is 23.3 Å². The summed E-state index contributed by atoms with van der Waals surface area (Å²) in [7, 11) is 2.54. The number of rotatable bonds is 8. The lowest BCUT2D eigenvalue weighted by molar-refractivity contribution is -0.129. The highest BCUT2D eigenvalue weighted by molar-refractivity contribution is 7.92. The summed E-state index contributed by atoms with van der Waals surface area (Å²) in [4.78, 5) is 22.4. The van der Waals surface area contributed by atoms with Crippen LogP contribution in [0.5, 0.6) is 0 Å². The van der Waals surface area contributed by atoms with E-state index in [1.165, 1.54) is 31.2 Å². The van der Waals surface area contributed by atoms with Crippen LogP contribution in [0.4, 0.5) is 18.9 Å². The number of halogens is 4. The molecule has 0 saturated heterocycles. The van der Waals surface area contributed by atoms with Crippen molar-refractivity contribution in [3.8, 4) is 5.69 Å². The van der Waals surface area contributed by atoms with Gasteiger partial charge in [-0.25, -0.2) is 4.68 Å². The molecule has 2 aromatic rings. The van der Waals surface area contributed by atoms with Crippen LogP contribution in [0.15, 0.2) is 35.9 Å². The number of alkyl halides is 3. The summed E-state index contributed by atoms with van der Waals surface area (Å²) in [5.41, 5.74) is 0.506. The van der Waals surface area contributed by atoms with Crippen LogP contribution >= 0.6 is 11.6 Å². The molecule has 0 aromatic carbocycles. The van der Waals surface area contributed by atoms with E-state index in [-0.39, 0.29) is 16.6 Å². The summed E-state index contributed by atoms with van der Waals surface area (Å²) in [5, 5.41) is 7.62. The van der Waals surface area contributed by atoms with Gasteiger partial charge in [0.1, 0.15) is 18.6 Å². The fourth-order valence-corrected chi connectivity index (χ4v) is 3.53. The van der Waals surface area contributed by atoms with Gasteiger partial charge in [0.25, 0.3) is 5.91 Å². The zero-order chi connectivity index (χ0) is 21.6. The van der Waals surface area contributed by atoms with Gasteiger partial charge in [0, 0.05) is 13.2 Å². The number of nitrogens with zero attached hydrogens (tertiary/aromatic N) is 5. The van der Waals surface area contributed by atoms with E-state index in [0.29, 0.717) is 5.69 Å². The van der Waals surface area contributed by atoms with Crippen molar-refractivity contribution < 1.29 is 27.4 Å². The minimum Gasteiger partial charge on any atom is -0.616 e. The van der Waals surface area contributed by atoms with Gasteiger partial charge in [-0.1, -0.05) is 16.8 Å². The van der Waals surface area contributed by atoms with Crippen LogP contribution in [0.1, 0.15) is 6.42 Å². The standard InChI is InChI=1S/C16H17ClF3N5O3S/c1-24(13-9-25(22-14(13)17)11-4-3-6-21-8-11)15(26)12(23-28-2)10-29(27)7-5-16(18,19)20/h3-4,6,8-9H,5,7,10H2,1-2H3/b23-12+. The van der Waals surface area contributed by atoms with Gasteiger partial charge in [-0.15, -0.1) is 0 Å². The highest BCUT2D eigenvalue weighted by Gasteiger charge is 2.32. The molecule has 1 unspecified atom stereocenters. The first-order chi connectivity index (χ1) is 13.6. The van der Waals surface area contributed by atoms with Crippen molar-refractivity contribution in [1.82, 2.24) is 14.8 Å². The van der Waals surface area contributed by atoms with E-state index in [1.807, 2.05) is 0 Å². The number of hydrogen-bond donors (Lipinski definition) is 0. The van der Waals surface area contributed by atoms with Gasteiger partial charge < -0.3 is 14.3 Å². The van der Waals surface area contributed by atoms with Crippen molar-refractivity contribution in [3.63, 3.8) is 0 Å². The summed E-state index contributed by atoms with van der Waals surface area (Å²) >= 11 is 4.16. The molecule has 2 rings (SSSR count). The Morgan fingerprint density at radius 1 is 1.48 bits per heavy atom. The highest BCUT2D eigenvalue weighted by atomic mass is 35.5. The van der Waals surface area contributed by atoms with E-state index >= 15 is 0 Å². The van der Waals surface area contributed by atoms with Crippen LogP contribution in [0.25, 0.3) is 5.69 Å². The zero-order valence-corrected chi connectivity index (χ0v) is 17.0. The molecule has 8 nitrogen and oxygen atoms in total.